The topological polar surface area (TPSA) is 42.0 Å². The van der Waals surface area contributed by atoms with Gasteiger partial charge in [0.05, 0.1) is 0 Å². The fraction of sp³-hybridized carbons (Fsp3) is 0.111. The summed E-state index contributed by atoms with van der Waals surface area (Å²) < 4.78 is 0. The van der Waals surface area contributed by atoms with E-state index in [2.05, 4.69) is 34.6 Å². The Hall–Kier alpha value is -2.68. The smallest absolute Gasteiger partial charge is 0.274 e. The standard InChI is InChI=1S/C18H14N2O/c21-18(16-6-1-2-11-19-16)20-15-10-9-13-8-7-12-4-3-5-14(15)17(12)13/h1-6,9-11H,7-8H2,(H,20,21). The van der Waals surface area contributed by atoms with E-state index in [-0.39, 0.29) is 5.91 Å². The molecular formula is C18H14N2O. The zero-order valence-electron chi connectivity index (χ0n) is 11.5. The van der Waals surface area contributed by atoms with E-state index in [0.717, 1.165) is 23.9 Å². The van der Waals surface area contributed by atoms with Gasteiger partial charge in [0.15, 0.2) is 0 Å². The molecule has 4 rings (SSSR count). The molecule has 3 aromatic rings. The molecule has 0 saturated heterocycles. The SMILES string of the molecule is O=C(Nc1ccc2c3c(cccc13)CC2)c1ccccn1. The zero-order valence-corrected chi connectivity index (χ0v) is 11.5. The van der Waals surface area contributed by atoms with Gasteiger partial charge in [-0.2, -0.15) is 0 Å². The number of carbonyl (C=O) groups excluding carboxylic acids is 1. The summed E-state index contributed by atoms with van der Waals surface area (Å²) in [5, 5.41) is 5.40. The highest BCUT2D eigenvalue weighted by atomic mass is 16.1. The Labute approximate surface area is 122 Å². The summed E-state index contributed by atoms with van der Waals surface area (Å²) in [4.78, 5) is 16.4. The number of carbonyl (C=O) groups is 1. The number of aryl methyl sites for hydroxylation is 2. The molecule has 3 nitrogen and oxygen atoms in total. The van der Waals surface area contributed by atoms with Crippen molar-refractivity contribution in [2.75, 3.05) is 5.32 Å². The molecule has 1 N–H and O–H groups in total. The maximum Gasteiger partial charge on any atom is 0.274 e. The third-order valence-corrected chi connectivity index (χ3v) is 4.02. The summed E-state index contributed by atoms with van der Waals surface area (Å²) >= 11 is 0. The molecule has 1 heterocycles. The molecule has 0 saturated carbocycles. The number of aromatic nitrogens is 1. The monoisotopic (exact) mass is 274 g/mol. The number of hydrogen-bond donors (Lipinski definition) is 1. The van der Waals surface area contributed by atoms with Crippen LogP contribution in [0.15, 0.2) is 54.7 Å². The van der Waals surface area contributed by atoms with E-state index < -0.39 is 0 Å². The fourth-order valence-electron chi connectivity index (χ4n) is 3.04. The third kappa shape index (κ3) is 1.98. The van der Waals surface area contributed by atoms with Crippen molar-refractivity contribution < 1.29 is 4.79 Å². The Morgan fingerprint density at radius 3 is 2.62 bits per heavy atom. The van der Waals surface area contributed by atoms with Crippen LogP contribution >= 0.6 is 0 Å². The van der Waals surface area contributed by atoms with E-state index in [4.69, 9.17) is 0 Å². The summed E-state index contributed by atoms with van der Waals surface area (Å²) in [6.07, 6.45) is 3.80. The van der Waals surface area contributed by atoms with Gasteiger partial charge in [0.2, 0.25) is 0 Å². The summed E-state index contributed by atoms with van der Waals surface area (Å²) in [5.41, 5.74) is 4.03. The molecule has 2 aromatic carbocycles. The minimum atomic E-state index is -0.172. The van der Waals surface area contributed by atoms with E-state index in [1.807, 2.05) is 12.1 Å². The van der Waals surface area contributed by atoms with Crippen molar-refractivity contribution >= 4 is 22.4 Å². The van der Waals surface area contributed by atoms with E-state index in [0.29, 0.717) is 5.69 Å². The number of hydrogen-bond acceptors (Lipinski definition) is 2. The first-order valence-electron chi connectivity index (χ1n) is 7.09. The van der Waals surface area contributed by atoms with E-state index in [1.54, 1.807) is 18.3 Å². The lowest BCUT2D eigenvalue weighted by atomic mass is 10.0. The van der Waals surface area contributed by atoms with Crippen molar-refractivity contribution in [1.29, 1.82) is 0 Å². The van der Waals surface area contributed by atoms with Crippen LogP contribution < -0.4 is 5.32 Å². The Morgan fingerprint density at radius 1 is 0.952 bits per heavy atom. The Kier molecular flexibility index (Phi) is 2.71. The average Bonchev–Trinajstić information content (AvgIpc) is 2.96. The molecule has 1 amide bonds. The van der Waals surface area contributed by atoms with E-state index >= 15 is 0 Å². The first-order chi connectivity index (χ1) is 10.3. The van der Waals surface area contributed by atoms with Gasteiger partial charge in [-0.1, -0.05) is 30.3 Å². The zero-order chi connectivity index (χ0) is 14.2. The van der Waals surface area contributed by atoms with Crippen molar-refractivity contribution in [2.24, 2.45) is 0 Å². The summed E-state index contributed by atoms with van der Waals surface area (Å²) in [6, 6.07) is 15.7. The Morgan fingerprint density at radius 2 is 1.81 bits per heavy atom. The van der Waals surface area contributed by atoms with Crippen molar-refractivity contribution in [3.8, 4) is 0 Å². The van der Waals surface area contributed by atoms with Gasteiger partial charge in [-0.15, -0.1) is 0 Å². The second-order valence-electron chi connectivity index (χ2n) is 5.28. The summed E-state index contributed by atoms with van der Waals surface area (Å²) in [6.45, 7) is 0. The van der Waals surface area contributed by atoms with E-state index in [9.17, 15) is 4.79 Å². The van der Waals surface area contributed by atoms with Crippen LogP contribution in [-0.4, -0.2) is 10.9 Å². The quantitative estimate of drug-likeness (QED) is 0.776. The van der Waals surface area contributed by atoms with Gasteiger partial charge in [-0.25, -0.2) is 0 Å². The molecule has 0 unspecified atom stereocenters. The predicted octanol–water partition coefficient (Wildman–Crippen LogP) is 3.59. The largest absolute Gasteiger partial charge is 0.320 e. The van der Waals surface area contributed by atoms with Crippen LogP contribution in [0, 0.1) is 0 Å². The molecule has 1 aliphatic rings. The highest BCUT2D eigenvalue weighted by Crippen LogP contribution is 2.35. The molecule has 0 aliphatic heterocycles. The number of nitrogens with one attached hydrogen (secondary N) is 1. The van der Waals surface area contributed by atoms with Crippen LogP contribution in [0.25, 0.3) is 10.8 Å². The molecule has 0 fully saturated rings. The minimum Gasteiger partial charge on any atom is -0.320 e. The van der Waals surface area contributed by atoms with Gasteiger partial charge in [0, 0.05) is 17.3 Å². The lowest BCUT2D eigenvalue weighted by molar-refractivity contribution is 0.102. The second-order valence-corrected chi connectivity index (χ2v) is 5.28. The van der Waals surface area contributed by atoms with Crippen LogP contribution in [0.5, 0.6) is 0 Å². The number of amides is 1. The lowest BCUT2D eigenvalue weighted by Gasteiger charge is -2.10. The number of nitrogens with zero attached hydrogens (tertiary/aromatic N) is 1. The van der Waals surface area contributed by atoms with Crippen LogP contribution in [0.1, 0.15) is 21.6 Å². The van der Waals surface area contributed by atoms with Crippen molar-refractivity contribution in [3.05, 3.63) is 71.5 Å². The molecule has 1 aliphatic carbocycles. The first kappa shape index (κ1) is 12.1. The van der Waals surface area contributed by atoms with Gasteiger partial charge in [0.1, 0.15) is 5.69 Å². The molecule has 102 valence electrons. The Bertz CT molecular complexity index is 830. The summed E-state index contributed by atoms with van der Waals surface area (Å²) in [5.74, 6) is -0.172. The number of anilines is 1. The maximum atomic E-state index is 12.3. The second kappa shape index (κ2) is 4.70. The molecule has 21 heavy (non-hydrogen) atoms. The van der Waals surface area contributed by atoms with Crippen molar-refractivity contribution in [2.45, 2.75) is 12.8 Å². The maximum absolute atomic E-state index is 12.3. The number of rotatable bonds is 2. The number of benzene rings is 2. The van der Waals surface area contributed by atoms with Gasteiger partial charge in [-0.3, -0.25) is 9.78 Å². The lowest BCUT2D eigenvalue weighted by Crippen LogP contribution is -2.13. The van der Waals surface area contributed by atoms with Gasteiger partial charge < -0.3 is 5.32 Å². The molecule has 0 atom stereocenters. The molecule has 3 heteroatoms. The van der Waals surface area contributed by atoms with Gasteiger partial charge in [0.25, 0.3) is 5.91 Å². The van der Waals surface area contributed by atoms with Crippen LogP contribution in [0.2, 0.25) is 0 Å². The van der Waals surface area contributed by atoms with Crippen molar-refractivity contribution in [1.82, 2.24) is 4.98 Å². The number of pyridine rings is 1. The fourth-order valence-corrected chi connectivity index (χ4v) is 3.04. The highest BCUT2D eigenvalue weighted by Gasteiger charge is 2.17. The normalized spacial score (nSPS) is 12.6. The summed E-state index contributed by atoms with van der Waals surface area (Å²) in [7, 11) is 0. The molecule has 0 bridgehead atoms. The highest BCUT2D eigenvalue weighted by molar-refractivity contribution is 6.09. The average molecular weight is 274 g/mol. The van der Waals surface area contributed by atoms with E-state index in [1.165, 1.54) is 16.5 Å². The Balaban J connectivity index is 1.77. The molecule has 0 radical (unpaired) electrons. The van der Waals surface area contributed by atoms with Crippen LogP contribution in [-0.2, 0) is 12.8 Å². The molecular weight excluding hydrogens is 260 g/mol. The first-order valence-corrected chi connectivity index (χ1v) is 7.09. The molecule has 0 spiro atoms. The molecule has 1 aromatic heterocycles. The van der Waals surface area contributed by atoms with Crippen molar-refractivity contribution in [3.63, 3.8) is 0 Å². The van der Waals surface area contributed by atoms with Gasteiger partial charge in [-0.05, 0) is 47.6 Å². The van der Waals surface area contributed by atoms with Gasteiger partial charge >= 0.3 is 0 Å². The minimum absolute atomic E-state index is 0.172. The van der Waals surface area contributed by atoms with Crippen LogP contribution in [0.4, 0.5) is 5.69 Å². The predicted molar refractivity (Wildman–Crippen MR) is 83.5 cm³/mol. The van der Waals surface area contributed by atoms with Crippen LogP contribution in [0.3, 0.4) is 0 Å². The third-order valence-electron chi connectivity index (χ3n) is 4.02.